The van der Waals surface area contributed by atoms with Gasteiger partial charge in [0, 0.05) is 17.8 Å². The second-order valence-electron chi connectivity index (χ2n) is 9.96. The van der Waals surface area contributed by atoms with Gasteiger partial charge in [0.15, 0.2) is 0 Å². The first-order valence-corrected chi connectivity index (χ1v) is 13.3. The third kappa shape index (κ3) is 4.08. The van der Waals surface area contributed by atoms with Crippen molar-refractivity contribution < 1.29 is 24.2 Å². The third-order valence-corrected chi connectivity index (χ3v) is 9.93. The van der Waals surface area contributed by atoms with Gasteiger partial charge in [-0.2, -0.15) is 0 Å². The van der Waals surface area contributed by atoms with Gasteiger partial charge in [0.05, 0.1) is 35.8 Å². The number of ether oxygens (including phenoxy) is 1. The topological polar surface area (TPSA) is 87.2 Å². The molecule has 3 heterocycles. The van der Waals surface area contributed by atoms with Crippen molar-refractivity contribution in [3.05, 3.63) is 48.6 Å². The highest BCUT2D eigenvalue weighted by Crippen LogP contribution is 2.71. The Bertz CT molecular complexity index is 983. The number of benzene rings is 1. The molecule has 0 saturated carbocycles. The maximum atomic E-state index is 14.3. The summed E-state index contributed by atoms with van der Waals surface area (Å²) in [5.41, 5.74) is 0.988. The summed E-state index contributed by atoms with van der Waals surface area (Å²) in [7, 11) is 0. The number of amides is 2. The van der Waals surface area contributed by atoms with Gasteiger partial charge in [-0.3, -0.25) is 14.4 Å². The first-order valence-electron chi connectivity index (χ1n) is 12.5. The van der Waals surface area contributed by atoms with Gasteiger partial charge >= 0.3 is 5.97 Å². The van der Waals surface area contributed by atoms with Crippen LogP contribution in [0.5, 0.6) is 0 Å². The molecule has 0 radical (unpaired) electrons. The van der Waals surface area contributed by atoms with Crippen LogP contribution in [0.15, 0.2) is 43.0 Å². The van der Waals surface area contributed by atoms with E-state index < -0.39 is 33.4 Å². The zero-order valence-electron chi connectivity index (χ0n) is 20.8. The lowest BCUT2D eigenvalue weighted by atomic mass is 9.66. The summed E-state index contributed by atoms with van der Waals surface area (Å²) in [5, 5.41) is 10.2. The standard InChI is InChI=1S/C27H36N2O5S/c1-5-15-28(16-18-11-9-8-10-12-18)24(32)22-27-14-13-26(4,35-27)21(25(33)34-7-3)20(27)23(31)29(22)19(6-2)17-30/h5,8-12,19-22,30H,1,6-7,13-17H2,2-4H3/t19-,20-,21-,22?,26+,27?/m0/s1. The molecule has 3 fully saturated rings. The zero-order chi connectivity index (χ0) is 25.4. The number of carbonyl (C=O) groups is 3. The SMILES string of the molecule is C=CCN(Cc1ccccc1)C(=O)C1N([C@@H](CC)CO)C(=O)[C@@H]2[C@@H](C(=O)OCC)[C@@]3(C)CCC12S3. The summed E-state index contributed by atoms with van der Waals surface area (Å²) in [6, 6.07) is 8.49. The molecule has 2 amide bonds. The van der Waals surface area contributed by atoms with E-state index in [0.717, 1.165) is 12.0 Å². The molecule has 7 nitrogen and oxygen atoms in total. The lowest BCUT2D eigenvalue weighted by Crippen LogP contribution is -2.57. The highest BCUT2D eigenvalue weighted by Gasteiger charge is 2.78. The maximum absolute atomic E-state index is 14.3. The number of hydrogen-bond donors (Lipinski definition) is 1. The average Bonchev–Trinajstić information content (AvgIpc) is 3.41. The average molecular weight is 501 g/mol. The molecule has 3 saturated heterocycles. The minimum atomic E-state index is -0.757. The molecule has 6 atom stereocenters. The minimum absolute atomic E-state index is 0.155. The molecule has 1 aromatic rings. The maximum Gasteiger partial charge on any atom is 0.311 e. The lowest BCUT2D eigenvalue weighted by Gasteiger charge is -2.39. The van der Waals surface area contributed by atoms with Gasteiger partial charge in [-0.15, -0.1) is 18.3 Å². The van der Waals surface area contributed by atoms with E-state index in [9.17, 15) is 19.5 Å². The molecule has 35 heavy (non-hydrogen) atoms. The molecule has 3 aliphatic rings. The molecular formula is C27H36N2O5S. The number of nitrogens with zero attached hydrogens (tertiary/aromatic N) is 2. The molecule has 0 aliphatic carbocycles. The van der Waals surface area contributed by atoms with Gasteiger partial charge < -0.3 is 19.6 Å². The highest BCUT2D eigenvalue weighted by molar-refractivity contribution is 8.02. The van der Waals surface area contributed by atoms with Crippen molar-refractivity contribution >= 4 is 29.5 Å². The van der Waals surface area contributed by atoms with E-state index in [2.05, 4.69) is 6.58 Å². The Morgan fingerprint density at radius 1 is 1.31 bits per heavy atom. The number of aliphatic hydroxyl groups excluding tert-OH is 1. The second kappa shape index (κ2) is 9.97. The Kier molecular flexibility index (Phi) is 7.34. The van der Waals surface area contributed by atoms with Crippen molar-refractivity contribution in [2.24, 2.45) is 11.8 Å². The number of aliphatic hydroxyl groups is 1. The summed E-state index contributed by atoms with van der Waals surface area (Å²) >= 11 is 1.62. The second-order valence-corrected chi connectivity index (χ2v) is 11.9. The molecule has 2 unspecified atom stereocenters. The summed E-state index contributed by atoms with van der Waals surface area (Å²) in [6.45, 7) is 10.3. The molecule has 190 valence electrons. The third-order valence-electron chi connectivity index (χ3n) is 7.94. The zero-order valence-corrected chi connectivity index (χ0v) is 21.6. The predicted octanol–water partition coefficient (Wildman–Crippen LogP) is 3.02. The van der Waals surface area contributed by atoms with Crippen LogP contribution in [0.4, 0.5) is 0 Å². The van der Waals surface area contributed by atoms with Crippen molar-refractivity contribution in [3.63, 3.8) is 0 Å². The van der Waals surface area contributed by atoms with E-state index in [-0.39, 0.29) is 31.0 Å². The summed E-state index contributed by atoms with van der Waals surface area (Å²) in [5.74, 6) is -1.97. The van der Waals surface area contributed by atoms with Crippen LogP contribution in [0.1, 0.15) is 45.6 Å². The molecule has 1 N–H and O–H groups in total. The molecule has 0 aromatic heterocycles. The van der Waals surface area contributed by atoms with E-state index >= 15 is 0 Å². The number of fused-ring (bicyclic) bond motifs is 1. The fraction of sp³-hybridized carbons (Fsp3) is 0.593. The van der Waals surface area contributed by atoms with Crippen molar-refractivity contribution in [3.8, 4) is 0 Å². The molecule has 1 aromatic carbocycles. The van der Waals surface area contributed by atoms with Gasteiger partial charge in [0.25, 0.3) is 0 Å². The number of carbonyl (C=O) groups excluding carboxylic acids is 3. The van der Waals surface area contributed by atoms with Crippen LogP contribution in [0.2, 0.25) is 0 Å². The Labute approximate surface area is 211 Å². The highest BCUT2D eigenvalue weighted by atomic mass is 32.2. The van der Waals surface area contributed by atoms with Gasteiger partial charge in [-0.05, 0) is 38.7 Å². The van der Waals surface area contributed by atoms with E-state index in [1.807, 2.05) is 44.2 Å². The smallest absolute Gasteiger partial charge is 0.311 e. The van der Waals surface area contributed by atoms with Crippen LogP contribution in [-0.4, -0.2) is 74.0 Å². The fourth-order valence-electron chi connectivity index (χ4n) is 6.40. The summed E-state index contributed by atoms with van der Waals surface area (Å²) in [6.07, 6.45) is 3.62. The van der Waals surface area contributed by atoms with Crippen LogP contribution >= 0.6 is 11.8 Å². The predicted molar refractivity (Wildman–Crippen MR) is 135 cm³/mol. The van der Waals surface area contributed by atoms with E-state index in [1.54, 1.807) is 34.6 Å². The van der Waals surface area contributed by atoms with Crippen molar-refractivity contribution in [2.45, 2.75) is 68.2 Å². The first-order chi connectivity index (χ1) is 16.8. The lowest BCUT2D eigenvalue weighted by molar-refractivity contribution is -0.155. The Morgan fingerprint density at radius 3 is 2.63 bits per heavy atom. The molecule has 2 bridgehead atoms. The number of likely N-dealkylation sites (tertiary alicyclic amines) is 1. The van der Waals surface area contributed by atoms with Gasteiger partial charge in [0.2, 0.25) is 11.8 Å². The molecule has 1 spiro atoms. The van der Waals surface area contributed by atoms with E-state index in [0.29, 0.717) is 25.9 Å². The number of rotatable bonds is 10. The van der Waals surface area contributed by atoms with Gasteiger partial charge in [-0.1, -0.05) is 43.3 Å². The normalized spacial score (nSPS) is 31.8. The Hall–Kier alpha value is -2.32. The molecule has 4 rings (SSSR count). The van der Waals surface area contributed by atoms with Crippen molar-refractivity contribution in [1.82, 2.24) is 9.80 Å². The van der Waals surface area contributed by atoms with Crippen LogP contribution in [0, 0.1) is 11.8 Å². The van der Waals surface area contributed by atoms with E-state index in [4.69, 9.17) is 4.74 Å². The number of thioether (sulfide) groups is 1. The number of hydrogen-bond acceptors (Lipinski definition) is 6. The summed E-state index contributed by atoms with van der Waals surface area (Å²) in [4.78, 5) is 44.9. The van der Waals surface area contributed by atoms with Crippen LogP contribution in [0.25, 0.3) is 0 Å². The quantitative estimate of drug-likeness (QED) is 0.393. The van der Waals surface area contributed by atoms with Crippen LogP contribution < -0.4 is 0 Å². The molecule has 8 heteroatoms. The van der Waals surface area contributed by atoms with Gasteiger partial charge in [0.1, 0.15) is 6.04 Å². The monoisotopic (exact) mass is 500 g/mol. The van der Waals surface area contributed by atoms with Gasteiger partial charge in [-0.25, -0.2) is 0 Å². The Morgan fingerprint density at radius 2 is 2.03 bits per heavy atom. The molecule has 3 aliphatic heterocycles. The minimum Gasteiger partial charge on any atom is -0.466 e. The fourth-order valence-corrected chi connectivity index (χ4v) is 8.73. The van der Waals surface area contributed by atoms with E-state index in [1.165, 1.54) is 0 Å². The Balaban J connectivity index is 1.78. The summed E-state index contributed by atoms with van der Waals surface area (Å²) < 4.78 is 4.24. The number of esters is 1. The largest absolute Gasteiger partial charge is 0.466 e. The van der Waals surface area contributed by atoms with Crippen LogP contribution in [-0.2, 0) is 25.7 Å². The first kappa shape index (κ1) is 25.8. The molecular weight excluding hydrogens is 464 g/mol. The van der Waals surface area contributed by atoms with Crippen LogP contribution in [0.3, 0.4) is 0 Å². The van der Waals surface area contributed by atoms with Crippen molar-refractivity contribution in [2.75, 3.05) is 19.8 Å². The van der Waals surface area contributed by atoms with Crippen molar-refractivity contribution in [1.29, 1.82) is 0 Å².